The molecule has 12 heteroatoms. The molecule has 1 aliphatic heterocycles. The van der Waals surface area contributed by atoms with Gasteiger partial charge in [0.25, 0.3) is 3.91 Å². The summed E-state index contributed by atoms with van der Waals surface area (Å²) in [4.78, 5) is 22.5. The van der Waals surface area contributed by atoms with Crippen LogP contribution < -0.4 is 14.8 Å². The molecular weight excluding hydrogens is 493 g/mol. The van der Waals surface area contributed by atoms with Crippen LogP contribution in [0, 0.1) is 0 Å². The lowest BCUT2D eigenvalue weighted by molar-refractivity contribution is -0.281. The number of halogens is 1. The van der Waals surface area contributed by atoms with Crippen molar-refractivity contribution in [2.75, 3.05) is 18.7 Å². The minimum Gasteiger partial charge on any atom is -0.460 e. The zero-order valence-corrected chi connectivity index (χ0v) is 16.8. The molecule has 0 bridgehead atoms. The molecule has 1 fully saturated rings. The number of benzene rings is 1. The van der Waals surface area contributed by atoms with Gasteiger partial charge in [0.1, 0.15) is 42.7 Å². The van der Waals surface area contributed by atoms with Crippen LogP contribution in [0.15, 0.2) is 18.2 Å². The summed E-state index contributed by atoms with van der Waals surface area (Å²) in [5, 5.41) is 41.3. The van der Waals surface area contributed by atoms with E-state index in [4.69, 9.17) is 24.1 Å². The molecule has 1 heterocycles. The number of nitrogens with one attached hydrogen (secondary N) is 1. The van der Waals surface area contributed by atoms with Gasteiger partial charge < -0.3 is 44.7 Å². The topological polar surface area (TPSA) is 164 Å². The van der Waals surface area contributed by atoms with E-state index in [9.17, 15) is 24.9 Å². The first-order valence-corrected chi connectivity index (χ1v) is 9.14. The number of aliphatic hydroxyl groups is 4. The van der Waals surface area contributed by atoms with Gasteiger partial charge in [0.15, 0.2) is 0 Å². The Labute approximate surface area is 173 Å². The Hall–Kier alpha value is -1.55. The van der Waals surface area contributed by atoms with Crippen molar-refractivity contribution in [1.29, 1.82) is 0 Å². The maximum Gasteiger partial charge on any atom is 0.308 e. The van der Waals surface area contributed by atoms with Crippen LogP contribution in [0.25, 0.3) is 0 Å². The smallest absolute Gasteiger partial charge is 0.308 e. The Morgan fingerprint density at radius 1 is 1.21 bits per heavy atom. The molecule has 5 atom stereocenters. The SMILES string of the molecule is CC(=O)Oc1ccc(OC2OC(COCO)C(O)C(O)C2O)c(NC(=O)I)c1. The van der Waals surface area contributed by atoms with Crippen molar-refractivity contribution < 1.29 is 49.0 Å². The summed E-state index contributed by atoms with van der Waals surface area (Å²) in [7, 11) is 0. The highest BCUT2D eigenvalue weighted by Gasteiger charge is 2.45. The number of esters is 1. The predicted molar refractivity (Wildman–Crippen MR) is 101 cm³/mol. The average Bonchev–Trinajstić information content (AvgIpc) is 2.62. The molecule has 1 saturated heterocycles. The van der Waals surface area contributed by atoms with Gasteiger partial charge in [0.2, 0.25) is 6.29 Å². The third kappa shape index (κ3) is 5.97. The van der Waals surface area contributed by atoms with E-state index in [0.717, 1.165) is 0 Å². The highest BCUT2D eigenvalue weighted by molar-refractivity contribution is 14.1. The van der Waals surface area contributed by atoms with Crippen molar-refractivity contribution in [1.82, 2.24) is 0 Å². The molecule has 0 aromatic heterocycles. The van der Waals surface area contributed by atoms with Gasteiger partial charge in [0, 0.05) is 35.6 Å². The number of ether oxygens (including phenoxy) is 4. The van der Waals surface area contributed by atoms with Crippen molar-refractivity contribution in [2.45, 2.75) is 37.6 Å². The van der Waals surface area contributed by atoms with Crippen molar-refractivity contribution in [2.24, 2.45) is 0 Å². The summed E-state index contributed by atoms with van der Waals surface area (Å²) in [6.07, 6.45) is -7.19. The van der Waals surface area contributed by atoms with E-state index in [2.05, 4.69) is 5.32 Å². The molecule has 1 aromatic carbocycles. The highest BCUT2D eigenvalue weighted by atomic mass is 127. The minimum absolute atomic E-state index is 0.0513. The average molecular weight is 513 g/mol. The van der Waals surface area contributed by atoms with Crippen LogP contribution in [0.2, 0.25) is 0 Å². The molecular formula is C16H20INO10. The standard InChI is InChI=1S/C16H20INO10/c1-7(20)26-8-2-3-10(9(4-8)18-16(17)24)27-15-14(23)13(22)12(21)11(28-15)5-25-6-19/h2-4,11-15,19,21-23H,5-6H2,1H3,(H,18,24). The van der Waals surface area contributed by atoms with Crippen LogP contribution in [0.5, 0.6) is 11.5 Å². The fourth-order valence-corrected chi connectivity index (χ4v) is 2.78. The quantitative estimate of drug-likeness (QED) is 0.0819. The third-order valence-corrected chi connectivity index (χ3v) is 4.00. The lowest BCUT2D eigenvalue weighted by Crippen LogP contribution is -2.60. The van der Waals surface area contributed by atoms with Gasteiger partial charge in [0.05, 0.1) is 12.3 Å². The van der Waals surface area contributed by atoms with Crippen molar-refractivity contribution in [3.63, 3.8) is 0 Å². The lowest BCUT2D eigenvalue weighted by Gasteiger charge is -2.40. The maximum atomic E-state index is 11.4. The van der Waals surface area contributed by atoms with E-state index in [0.29, 0.717) is 0 Å². The van der Waals surface area contributed by atoms with Crippen LogP contribution >= 0.6 is 22.6 Å². The van der Waals surface area contributed by atoms with Gasteiger partial charge in [-0.3, -0.25) is 9.59 Å². The first-order valence-electron chi connectivity index (χ1n) is 8.06. The third-order valence-electron chi connectivity index (χ3n) is 3.73. The minimum atomic E-state index is -1.61. The van der Waals surface area contributed by atoms with Crippen LogP contribution in [0.4, 0.5) is 10.5 Å². The van der Waals surface area contributed by atoms with Gasteiger partial charge in [-0.2, -0.15) is 0 Å². The van der Waals surface area contributed by atoms with Crippen LogP contribution in [-0.4, -0.2) is 74.4 Å². The summed E-state index contributed by atoms with van der Waals surface area (Å²) in [5.74, 6) is -0.361. The molecule has 0 spiro atoms. The Kier molecular flexibility index (Phi) is 8.36. The largest absolute Gasteiger partial charge is 0.460 e. The second kappa shape index (κ2) is 10.3. The molecule has 156 valence electrons. The molecule has 11 nitrogen and oxygen atoms in total. The molecule has 1 amide bonds. The first kappa shape index (κ1) is 22.7. The Morgan fingerprint density at radius 2 is 1.93 bits per heavy atom. The lowest BCUT2D eigenvalue weighted by atomic mass is 9.99. The van der Waals surface area contributed by atoms with E-state index in [-0.39, 0.29) is 23.8 Å². The van der Waals surface area contributed by atoms with Crippen LogP contribution in [0.3, 0.4) is 0 Å². The summed E-state index contributed by atoms with van der Waals surface area (Å²) >= 11 is 1.49. The number of anilines is 1. The summed E-state index contributed by atoms with van der Waals surface area (Å²) in [6.45, 7) is 0.332. The van der Waals surface area contributed by atoms with Crippen molar-refractivity contribution in [3.8, 4) is 11.5 Å². The Balaban J connectivity index is 2.23. The number of hydrogen-bond donors (Lipinski definition) is 5. The molecule has 5 N–H and O–H groups in total. The fraction of sp³-hybridized carbons (Fsp3) is 0.500. The molecule has 1 aromatic rings. The highest BCUT2D eigenvalue weighted by Crippen LogP contribution is 2.33. The monoisotopic (exact) mass is 513 g/mol. The number of carbonyl (C=O) groups is 2. The van der Waals surface area contributed by atoms with Gasteiger partial charge in [-0.05, 0) is 12.1 Å². The van der Waals surface area contributed by atoms with Crippen LogP contribution in [0.1, 0.15) is 6.92 Å². The van der Waals surface area contributed by atoms with E-state index in [1.165, 1.54) is 47.7 Å². The number of aliphatic hydroxyl groups excluding tert-OH is 4. The summed E-state index contributed by atoms with van der Waals surface area (Å²) in [5.41, 5.74) is 0.123. The number of rotatable bonds is 7. The summed E-state index contributed by atoms with van der Waals surface area (Å²) < 4.78 is 20.3. The molecule has 5 unspecified atom stereocenters. The molecule has 1 aliphatic rings. The number of amides is 1. The Bertz CT molecular complexity index is 702. The molecule has 0 aliphatic carbocycles. The Morgan fingerprint density at radius 3 is 2.54 bits per heavy atom. The number of carbonyl (C=O) groups excluding carboxylic acids is 2. The zero-order valence-electron chi connectivity index (χ0n) is 14.6. The predicted octanol–water partition coefficient (Wildman–Crippen LogP) is -0.268. The van der Waals surface area contributed by atoms with Gasteiger partial charge in [-0.15, -0.1) is 0 Å². The zero-order chi connectivity index (χ0) is 20.8. The first-order chi connectivity index (χ1) is 13.2. The van der Waals surface area contributed by atoms with E-state index in [1.807, 2.05) is 0 Å². The molecule has 2 rings (SSSR count). The fourth-order valence-electron chi connectivity index (χ4n) is 2.49. The van der Waals surface area contributed by atoms with E-state index in [1.54, 1.807) is 0 Å². The van der Waals surface area contributed by atoms with Crippen molar-refractivity contribution in [3.05, 3.63) is 18.2 Å². The van der Waals surface area contributed by atoms with E-state index < -0.39 is 47.4 Å². The van der Waals surface area contributed by atoms with Gasteiger partial charge in [-0.25, -0.2) is 0 Å². The summed E-state index contributed by atoms with van der Waals surface area (Å²) in [6, 6.07) is 4.10. The number of hydrogen-bond acceptors (Lipinski definition) is 10. The second-order valence-electron chi connectivity index (χ2n) is 5.78. The molecule has 0 radical (unpaired) electrons. The van der Waals surface area contributed by atoms with Crippen molar-refractivity contribution >= 4 is 38.2 Å². The maximum absolute atomic E-state index is 11.4. The normalized spacial score (nSPS) is 27.1. The second-order valence-corrected chi connectivity index (χ2v) is 6.76. The van der Waals surface area contributed by atoms with Gasteiger partial charge >= 0.3 is 5.97 Å². The van der Waals surface area contributed by atoms with Gasteiger partial charge in [-0.1, -0.05) is 0 Å². The molecule has 0 saturated carbocycles. The molecule has 28 heavy (non-hydrogen) atoms. The van der Waals surface area contributed by atoms with E-state index >= 15 is 0 Å². The van der Waals surface area contributed by atoms with Crippen LogP contribution in [-0.2, 0) is 14.3 Å².